The molecule has 0 saturated heterocycles. The first-order valence-electron chi connectivity index (χ1n) is 4.57. The highest BCUT2D eigenvalue weighted by atomic mass is 35.5. The molecule has 0 aliphatic heterocycles. The van der Waals surface area contributed by atoms with Gasteiger partial charge in [0.2, 0.25) is 0 Å². The number of rotatable bonds is 1. The molecular formula is C10H7ClF3N3. The fourth-order valence-electron chi connectivity index (χ4n) is 1.37. The molecule has 0 radical (unpaired) electrons. The molecule has 0 aliphatic carbocycles. The summed E-state index contributed by atoms with van der Waals surface area (Å²) in [5, 5.41) is 3.64. The minimum Gasteiger partial charge on any atom is -0.397 e. The molecule has 0 atom stereocenters. The number of anilines is 1. The Balaban J connectivity index is 2.51. The molecule has 0 saturated carbocycles. The van der Waals surface area contributed by atoms with E-state index >= 15 is 0 Å². The summed E-state index contributed by atoms with van der Waals surface area (Å²) in [5.74, 6) is 0. The lowest BCUT2D eigenvalue weighted by atomic mass is 10.3. The average Bonchev–Trinajstić information content (AvgIpc) is 2.65. The van der Waals surface area contributed by atoms with Gasteiger partial charge in [-0.3, -0.25) is 0 Å². The quantitative estimate of drug-likeness (QED) is 0.802. The Hall–Kier alpha value is -1.69. The van der Waals surface area contributed by atoms with Gasteiger partial charge in [0.25, 0.3) is 0 Å². The van der Waals surface area contributed by atoms with E-state index in [1.807, 2.05) is 0 Å². The molecule has 0 fully saturated rings. The van der Waals surface area contributed by atoms with Gasteiger partial charge < -0.3 is 5.73 Å². The molecule has 0 amide bonds. The number of alkyl halides is 3. The zero-order valence-electron chi connectivity index (χ0n) is 8.37. The second kappa shape index (κ2) is 3.96. The normalized spacial score (nSPS) is 11.8. The molecular weight excluding hydrogens is 255 g/mol. The van der Waals surface area contributed by atoms with Crippen LogP contribution < -0.4 is 5.73 Å². The number of halogens is 4. The van der Waals surface area contributed by atoms with Gasteiger partial charge in [-0.15, -0.1) is 0 Å². The van der Waals surface area contributed by atoms with Gasteiger partial charge in [-0.2, -0.15) is 18.3 Å². The molecule has 1 aromatic carbocycles. The monoisotopic (exact) mass is 261 g/mol. The topological polar surface area (TPSA) is 43.8 Å². The summed E-state index contributed by atoms with van der Waals surface area (Å²) in [6.45, 7) is 0. The Morgan fingerprint density at radius 2 is 1.94 bits per heavy atom. The highest BCUT2D eigenvalue weighted by Gasteiger charge is 2.33. The fourth-order valence-corrected chi connectivity index (χ4v) is 1.64. The Kier molecular flexibility index (Phi) is 2.74. The molecule has 2 rings (SSSR count). The van der Waals surface area contributed by atoms with E-state index in [-0.39, 0.29) is 16.4 Å². The fraction of sp³-hybridized carbons (Fsp3) is 0.100. The number of benzene rings is 1. The van der Waals surface area contributed by atoms with Crippen LogP contribution in [0.25, 0.3) is 5.69 Å². The third-order valence-electron chi connectivity index (χ3n) is 2.13. The second-order valence-corrected chi connectivity index (χ2v) is 3.73. The van der Waals surface area contributed by atoms with Crippen LogP contribution in [0.3, 0.4) is 0 Å². The standard InChI is InChI=1S/C10H7ClF3N3/c11-6-2-1-3-7(15)9(6)17-5-4-8(16-17)10(12,13)14/h1-5H,15H2. The Bertz CT molecular complexity index is 528. The molecule has 17 heavy (non-hydrogen) atoms. The van der Waals surface area contributed by atoms with E-state index in [4.69, 9.17) is 17.3 Å². The van der Waals surface area contributed by atoms with E-state index < -0.39 is 11.9 Å². The van der Waals surface area contributed by atoms with E-state index in [9.17, 15) is 13.2 Å². The van der Waals surface area contributed by atoms with Gasteiger partial charge in [0, 0.05) is 6.20 Å². The minimum absolute atomic E-state index is 0.238. The van der Waals surface area contributed by atoms with Crippen molar-refractivity contribution in [1.82, 2.24) is 9.78 Å². The van der Waals surface area contributed by atoms with Gasteiger partial charge in [-0.05, 0) is 18.2 Å². The van der Waals surface area contributed by atoms with Crippen LogP contribution >= 0.6 is 11.6 Å². The van der Waals surface area contributed by atoms with Crippen molar-refractivity contribution in [3.05, 3.63) is 41.2 Å². The summed E-state index contributed by atoms with van der Waals surface area (Å²) < 4.78 is 38.1. The summed E-state index contributed by atoms with van der Waals surface area (Å²) in [5.41, 5.74) is 5.16. The van der Waals surface area contributed by atoms with Crippen molar-refractivity contribution in [2.75, 3.05) is 5.73 Å². The summed E-state index contributed by atoms with van der Waals surface area (Å²) in [6.07, 6.45) is -3.32. The number of hydrogen-bond donors (Lipinski definition) is 1. The summed E-state index contributed by atoms with van der Waals surface area (Å²) in [7, 11) is 0. The molecule has 3 nitrogen and oxygen atoms in total. The van der Waals surface area contributed by atoms with Crippen molar-refractivity contribution < 1.29 is 13.2 Å². The zero-order chi connectivity index (χ0) is 12.6. The van der Waals surface area contributed by atoms with Crippen LogP contribution in [0.4, 0.5) is 18.9 Å². The maximum atomic E-state index is 12.4. The third kappa shape index (κ3) is 2.21. The zero-order valence-corrected chi connectivity index (χ0v) is 9.13. The Morgan fingerprint density at radius 3 is 2.47 bits per heavy atom. The van der Waals surface area contributed by atoms with Crippen LogP contribution in [0, 0.1) is 0 Å². The van der Waals surface area contributed by atoms with Crippen LogP contribution in [-0.2, 0) is 6.18 Å². The average molecular weight is 262 g/mol. The van der Waals surface area contributed by atoms with E-state index in [0.717, 1.165) is 10.7 Å². The van der Waals surface area contributed by atoms with Crippen molar-refractivity contribution >= 4 is 17.3 Å². The van der Waals surface area contributed by atoms with Crippen molar-refractivity contribution in [3.63, 3.8) is 0 Å². The molecule has 0 spiro atoms. The van der Waals surface area contributed by atoms with Crippen molar-refractivity contribution in [2.45, 2.75) is 6.18 Å². The molecule has 1 heterocycles. The lowest BCUT2D eigenvalue weighted by Gasteiger charge is -2.07. The molecule has 0 bridgehead atoms. The maximum absolute atomic E-state index is 12.4. The molecule has 90 valence electrons. The van der Waals surface area contributed by atoms with E-state index in [1.165, 1.54) is 18.3 Å². The third-order valence-corrected chi connectivity index (χ3v) is 2.43. The SMILES string of the molecule is Nc1cccc(Cl)c1-n1ccc(C(F)(F)F)n1. The molecule has 1 aromatic heterocycles. The first-order chi connectivity index (χ1) is 7.89. The van der Waals surface area contributed by atoms with Crippen molar-refractivity contribution in [2.24, 2.45) is 0 Å². The number of hydrogen-bond acceptors (Lipinski definition) is 2. The first kappa shape index (κ1) is 11.8. The van der Waals surface area contributed by atoms with Crippen LogP contribution in [0.1, 0.15) is 5.69 Å². The van der Waals surface area contributed by atoms with Crippen LogP contribution in [0.2, 0.25) is 5.02 Å². The first-order valence-corrected chi connectivity index (χ1v) is 4.94. The maximum Gasteiger partial charge on any atom is 0.435 e. The lowest BCUT2D eigenvalue weighted by Crippen LogP contribution is -2.08. The van der Waals surface area contributed by atoms with Gasteiger partial charge in [0.1, 0.15) is 5.69 Å². The second-order valence-electron chi connectivity index (χ2n) is 3.32. The number of para-hydroxylation sites is 1. The van der Waals surface area contributed by atoms with E-state index in [0.29, 0.717) is 0 Å². The van der Waals surface area contributed by atoms with Crippen LogP contribution in [0.15, 0.2) is 30.5 Å². The predicted octanol–water partition coefficient (Wildman–Crippen LogP) is 3.13. The Morgan fingerprint density at radius 1 is 1.24 bits per heavy atom. The van der Waals surface area contributed by atoms with E-state index in [2.05, 4.69) is 5.10 Å². The van der Waals surface area contributed by atoms with Crippen molar-refractivity contribution in [1.29, 1.82) is 0 Å². The Labute approximate surface area is 99.6 Å². The summed E-state index contributed by atoms with van der Waals surface area (Å²) in [4.78, 5) is 0. The highest BCUT2D eigenvalue weighted by molar-refractivity contribution is 6.32. The number of nitrogens with two attached hydrogens (primary N) is 1. The van der Waals surface area contributed by atoms with Crippen LogP contribution in [-0.4, -0.2) is 9.78 Å². The summed E-state index contributed by atoms with van der Waals surface area (Å²) in [6, 6.07) is 5.54. The number of aromatic nitrogens is 2. The number of nitrogens with zero attached hydrogens (tertiary/aromatic N) is 2. The van der Waals surface area contributed by atoms with E-state index in [1.54, 1.807) is 6.07 Å². The molecule has 2 N–H and O–H groups in total. The molecule has 7 heteroatoms. The van der Waals surface area contributed by atoms with Crippen molar-refractivity contribution in [3.8, 4) is 5.69 Å². The minimum atomic E-state index is -4.48. The molecule has 0 unspecified atom stereocenters. The highest BCUT2D eigenvalue weighted by Crippen LogP contribution is 2.30. The lowest BCUT2D eigenvalue weighted by molar-refractivity contribution is -0.141. The predicted molar refractivity (Wildman–Crippen MR) is 58.0 cm³/mol. The smallest absolute Gasteiger partial charge is 0.397 e. The largest absolute Gasteiger partial charge is 0.435 e. The van der Waals surface area contributed by atoms with Crippen LogP contribution in [0.5, 0.6) is 0 Å². The van der Waals surface area contributed by atoms with Gasteiger partial charge in [0.05, 0.1) is 10.7 Å². The van der Waals surface area contributed by atoms with Gasteiger partial charge in [-0.1, -0.05) is 17.7 Å². The van der Waals surface area contributed by atoms with Gasteiger partial charge in [-0.25, -0.2) is 4.68 Å². The van der Waals surface area contributed by atoms with Gasteiger partial charge >= 0.3 is 6.18 Å². The summed E-state index contributed by atoms with van der Waals surface area (Å²) >= 11 is 5.87. The molecule has 2 aromatic rings. The van der Waals surface area contributed by atoms with Gasteiger partial charge in [0.15, 0.2) is 5.69 Å². The number of nitrogen functional groups attached to an aromatic ring is 1. The molecule has 0 aliphatic rings.